The first kappa shape index (κ1) is 38.4. The zero-order valence-corrected chi connectivity index (χ0v) is 22.9. The van der Waals surface area contributed by atoms with Crippen LogP contribution in [-0.2, 0) is 14.4 Å². The van der Waals surface area contributed by atoms with Crippen LogP contribution in [0.3, 0.4) is 0 Å². The highest BCUT2D eigenvalue weighted by Gasteiger charge is 1.99. The number of primary amides is 1. The van der Waals surface area contributed by atoms with Crippen LogP contribution in [0.15, 0.2) is 0 Å². The topological polar surface area (TPSA) is 167 Å². The number of urea groups is 1. The number of carboxylic acids is 2. The van der Waals surface area contributed by atoms with Crippen molar-refractivity contribution in [3.63, 3.8) is 0 Å². The van der Waals surface area contributed by atoms with Crippen molar-refractivity contribution in [1.82, 2.24) is 5.32 Å². The summed E-state index contributed by atoms with van der Waals surface area (Å²) >= 11 is 0. The standard InChI is InChI=1S/2C12H24O2.C3H6N2O3/c2*1-2-3-4-5-6-7-8-9-10-11-12(13)14;4-3(8)5-2(7)1-6/h2*2-11H2,1H3,(H,13,14);6H,1H2,(H3,4,5,7,8). The molecule has 3 amide bonds. The van der Waals surface area contributed by atoms with E-state index in [0.29, 0.717) is 12.8 Å². The molecule has 36 heavy (non-hydrogen) atoms. The second kappa shape index (κ2) is 32.8. The third kappa shape index (κ3) is 45.4. The number of hydrogen-bond acceptors (Lipinski definition) is 5. The molecule has 0 aliphatic heterocycles. The van der Waals surface area contributed by atoms with Gasteiger partial charge in [0.2, 0.25) is 0 Å². The van der Waals surface area contributed by atoms with E-state index in [1.54, 1.807) is 5.32 Å². The number of imide groups is 1. The minimum Gasteiger partial charge on any atom is -0.481 e. The summed E-state index contributed by atoms with van der Waals surface area (Å²) in [6.07, 6.45) is 23.0. The van der Waals surface area contributed by atoms with Crippen molar-refractivity contribution in [3.8, 4) is 0 Å². The van der Waals surface area contributed by atoms with Crippen molar-refractivity contribution in [3.05, 3.63) is 0 Å². The molecule has 0 atom stereocenters. The van der Waals surface area contributed by atoms with E-state index in [-0.39, 0.29) is 0 Å². The van der Waals surface area contributed by atoms with Crippen molar-refractivity contribution < 1.29 is 34.5 Å². The number of amides is 3. The molecule has 0 spiro atoms. The number of aliphatic carboxylic acids is 2. The quantitative estimate of drug-likeness (QED) is 0.113. The van der Waals surface area contributed by atoms with Crippen molar-refractivity contribution in [1.29, 1.82) is 0 Å². The SMILES string of the molecule is CCCCCCCCCCCC(=O)O.CCCCCCCCCCCC(=O)O.NC(=O)NC(=O)CO. The predicted octanol–water partition coefficient (Wildman–Crippen LogP) is 6.16. The number of carboxylic acid groups (broad SMARTS) is 2. The molecule has 0 fully saturated rings. The molecule has 0 aliphatic carbocycles. The van der Waals surface area contributed by atoms with Gasteiger partial charge in [0.25, 0.3) is 5.91 Å². The maximum Gasteiger partial charge on any atom is 0.318 e. The van der Waals surface area contributed by atoms with Gasteiger partial charge in [-0.3, -0.25) is 19.7 Å². The molecule has 0 aromatic carbocycles. The van der Waals surface area contributed by atoms with Gasteiger partial charge in [0.05, 0.1) is 0 Å². The number of aliphatic hydroxyl groups is 1. The summed E-state index contributed by atoms with van der Waals surface area (Å²) in [6, 6.07) is -0.955. The molecule has 9 heteroatoms. The predicted molar refractivity (Wildman–Crippen MR) is 144 cm³/mol. The third-order valence-corrected chi connectivity index (χ3v) is 5.39. The van der Waals surface area contributed by atoms with E-state index in [0.717, 1.165) is 25.7 Å². The van der Waals surface area contributed by atoms with Crippen LogP contribution < -0.4 is 11.1 Å². The van der Waals surface area contributed by atoms with Crippen LogP contribution >= 0.6 is 0 Å². The van der Waals surface area contributed by atoms with E-state index in [1.807, 2.05) is 0 Å². The lowest BCUT2D eigenvalue weighted by atomic mass is 10.1. The molecule has 9 nitrogen and oxygen atoms in total. The van der Waals surface area contributed by atoms with Gasteiger partial charge in [-0.2, -0.15) is 0 Å². The Morgan fingerprint density at radius 1 is 0.556 bits per heavy atom. The lowest BCUT2D eigenvalue weighted by Crippen LogP contribution is -2.36. The van der Waals surface area contributed by atoms with Crippen LogP contribution in [0.1, 0.15) is 142 Å². The van der Waals surface area contributed by atoms with E-state index in [4.69, 9.17) is 15.3 Å². The van der Waals surface area contributed by atoms with Crippen LogP contribution in [0.5, 0.6) is 0 Å². The maximum absolute atomic E-state index is 10.2. The van der Waals surface area contributed by atoms with E-state index >= 15 is 0 Å². The summed E-state index contributed by atoms with van der Waals surface area (Å²) < 4.78 is 0. The molecule has 0 aromatic heterocycles. The van der Waals surface area contributed by atoms with Gasteiger partial charge in [-0.05, 0) is 12.8 Å². The van der Waals surface area contributed by atoms with Crippen LogP contribution in [0.2, 0.25) is 0 Å². The first-order valence-corrected chi connectivity index (χ1v) is 13.8. The largest absolute Gasteiger partial charge is 0.481 e. The van der Waals surface area contributed by atoms with Gasteiger partial charge in [0.15, 0.2) is 0 Å². The molecular weight excluding hydrogens is 464 g/mol. The normalized spacial score (nSPS) is 9.86. The van der Waals surface area contributed by atoms with Crippen molar-refractivity contribution >= 4 is 23.9 Å². The Labute approximate surface area is 218 Å². The van der Waals surface area contributed by atoms with Gasteiger partial charge < -0.3 is 21.1 Å². The number of rotatable bonds is 21. The number of nitrogens with one attached hydrogen (secondary N) is 1. The first-order valence-electron chi connectivity index (χ1n) is 13.8. The molecule has 214 valence electrons. The molecule has 6 N–H and O–H groups in total. The molecule has 0 radical (unpaired) electrons. The Morgan fingerprint density at radius 2 is 0.833 bits per heavy atom. The lowest BCUT2D eigenvalue weighted by molar-refractivity contribution is -0.138. The number of unbranched alkanes of at least 4 members (excludes halogenated alkanes) is 16. The summed E-state index contributed by atoms with van der Waals surface area (Å²) in [5, 5.41) is 26.4. The van der Waals surface area contributed by atoms with Crippen molar-refractivity contribution in [2.75, 3.05) is 6.61 Å². The third-order valence-electron chi connectivity index (χ3n) is 5.39. The molecule has 0 unspecified atom stereocenters. The molecule has 0 saturated heterocycles. The monoisotopic (exact) mass is 518 g/mol. The lowest BCUT2D eigenvalue weighted by Gasteiger charge is -2.00. The molecule has 0 rings (SSSR count). The van der Waals surface area contributed by atoms with Crippen LogP contribution in [0.4, 0.5) is 4.79 Å². The summed E-state index contributed by atoms with van der Waals surface area (Å²) in [4.78, 5) is 40.1. The zero-order valence-electron chi connectivity index (χ0n) is 22.9. The highest BCUT2D eigenvalue weighted by Crippen LogP contribution is 2.11. The van der Waals surface area contributed by atoms with Gasteiger partial charge in [-0.25, -0.2) is 4.79 Å². The molecule has 0 saturated carbocycles. The van der Waals surface area contributed by atoms with Crippen LogP contribution in [0, 0.1) is 0 Å². The second-order valence-corrected chi connectivity index (χ2v) is 9.01. The van der Waals surface area contributed by atoms with E-state index in [9.17, 15) is 19.2 Å². The number of aliphatic hydroxyl groups excluding tert-OH is 1. The zero-order chi connectivity index (χ0) is 27.9. The fraction of sp³-hybridized carbons (Fsp3) is 0.852. The summed E-state index contributed by atoms with van der Waals surface area (Å²) in [6.45, 7) is 3.74. The Bertz CT molecular complexity index is 496. The fourth-order valence-electron chi connectivity index (χ4n) is 3.35. The first-order chi connectivity index (χ1) is 17.2. The van der Waals surface area contributed by atoms with E-state index in [1.165, 1.54) is 89.9 Å². The Kier molecular flexibility index (Phi) is 35.0. The summed E-state index contributed by atoms with van der Waals surface area (Å²) in [7, 11) is 0. The smallest absolute Gasteiger partial charge is 0.318 e. The minimum absolute atomic E-state index is 0.343. The highest BCUT2D eigenvalue weighted by atomic mass is 16.4. The van der Waals surface area contributed by atoms with Gasteiger partial charge in [-0.1, -0.05) is 117 Å². The average molecular weight is 519 g/mol. The Balaban J connectivity index is -0.000000472. The van der Waals surface area contributed by atoms with Gasteiger partial charge in [0.1, 0.15) is 6.61 Å². The van der Waals surface area contributed by atoms with Gasteiger partial charge in [-0.15, -0.1) is 0 Å². The van der Waals surface area contributed by atoms with Crippen molar-refractivity contribution in [2.45, 2.75) is 142 Å². The number of hydrogen-bond donors (Lipinski definition) is 5. The molecule has 0 heterocycles. The number of carbonyl (C=O) groups excluding carboxylic acids is 2. The van der Waals surface area contributed by atoms with Crippen LogP contribution in [0.25, 0.3) is 0 Å². The van der Waals surface area contributed by atoms with Gasteiger partial charge >= 0.3 is 18.0 Å². The van der Waals surface area contributed by atoms with E-state index < -0.39 is 30.5 Å². The maximum atomic E-state index is 10.2. The summed E-state index contributed by atoms with van der Waals surface area (Å²) in [5.74, 6) is -2.11. The number of carbonyl (C=O) groups is 4. The fourth-order valence-corrected chi connectivity index (χ4v) is 3.35. The number of nitrogens with two attached hydrogens (primary N) is 1. The molecular formula is C27H54N2O7. The Morgan fingerprint density at radius 3 is 1.03 bits per heavy atom. The molecule has 0 aromatic rings. The minimum atomic E-state index is -0.955. The highest BCUT2D eigenvalue weighted by molar-refractivity contribution is 5.93. The molecule has 0 bridgehead atoms. The molecule has 0 aliphatic rings. The Hall–Kier alpha value is -2.16. The van der Waals surface area contributed by atoms with Crippen LogP contribution in [-0.4, -0.2) is 45.8 Å². The van der Waals surface area contributed by atoms with E-state index in [2.05, 4.69) is 19.6 Å². The average Bonchev–Trinajstić information content (AvgIpc) is 2.82. The second-order valence-electron chi connectivity index (χ2n) is 9.01. The summed E-state index contributed by atoms with van der Waals surface area (Å²) in [5.41, 5.74) is 4.49. The van der Waals surface area contributed by atoms with Gasteiger partial charge in [0, 0.05) is 12.8 Å². The van der Waals surface area contributed by atoms with Crippen molar-refractivity contribution in [2.24, 2.45) is 5.73 Å².